The zero-order valence-corrected chi connectivity index (χ0v) is 9.17. The molecule has 1 atom stereocenters. The fourth-order valence-corrected chi connectivity index (χ4v) is 1.16. The molecule has 7 nitrogen and oxygen atoms in total. The molecule has 1 amide bonds. The molecular formula is C10H14N4O3. The lowest BCUT2D eigenvalue weighted by atomic mass is 10.2. The molecule has 0 saturated carbocycles. The molecule has 17 heavy (non-hydrogen) atoms. The van der Waals surface area contributed by atoms with Gasteiger partial charge < -0.3 is 16.2 Å². The fourth-order valence-electron chi connectivity index (χ4n) is 1.16. The molecule has 0 saturated heterocycles. The summed E-state index contributed by atoms with van der Waals surface area (Å²) in [5.41, 5.74) is 5.59. The second kappa shape index (κ2) is 6.54. The SMILES string of the molecule is N[C@@H](CCCNC(=O)c1ccncn1)C(=O)O. The Morgan fingerprint density at radius 2 is 2.29 bits per heavy atom. The Balaban J connectivity index is 2.24. The van der Waals surface area contributed by atoms with Gasteiger partial charge in [-0.1, -0.05) is 0 Å². The van der Waals surface area contributed by atoms with Gasteiger partial charge in [-0.3, -0.25) is 9.59 Å². The number of hydrogen-bond acceptors (Lipinski definition) is 5. The summed E-state index contributed by atoms with van der Waals surface area (Å²) in [4.78, 5) is 29.4. The van der Waals surface area contributed by atoms with E-state index in [-0.39, 0.29) is 11.6 Å². The van der Waals surface area contributed by atoms with Crippen LogP contribution < -0.4 is 11.1 Å². The zero-order chi connectivity index (χ0) is 12.7. The van der Waals surface area contributed by atoms with E-state index in [9.17, 15) is 9.59 Å². The first-order valence-electron chi connectivity index (χ1n) is 5.14. The van der Waals surface area contributed by atoms with Crippen LogP contribution in [0.25, 0.3) is 0 Å². The average molecular weight is 238 g/mol. The Bertz CT molecular complexity index is 382. The van der Waals surface area contributed by atoms with E-state index in [1.807, 2.05) is 0 Å². The minimum absolute atomic E-state index is 0.280. The van der Waals surface area contributed by atoms with Crippen molar-refractivity contribution in [3.63, 3.8) is 0 Å². The van der Waals surface area contributed by atoms with E-state index in [4.69, 9.17) is 10.8 Å². The normalized spacial score (nSPS) is 11.8. The van der Waals surface area contributed by atoms with E-state index in [0.29, 0.717) is 19.4 Å². The van der Waals surface area contributed by atoms with Crippen molar-refractivity contribution in [3.05, 3.63) is 24.3 Å². The lowest BCUT2D eigenvalue weighted by Gasteiger charge is -2.07. The quantitative estimate of drug-likeness (QED) is 0.569. The summed E-state index contributed by atoms with van der Waals surface area (Å²) in [6, 6.07) is 0.615. The maximum atomic E-state index is 11.5. The number of nitrogens with zero attached hydrogens (tertiary/aromatic N) is 2. The second-order valence-electron chi connectivity index (χ2n) is 3.44. The van der Waals surface area contributed by atoms with Crippen molar-refractivity contribution >= 4 is 11.9 Å². The van der Waals surface area contributed by atoms with Gasteiger partial charge in [0.1, 0.15) is 18.1 Å². The van der Waals surface area contributed by atoms with Gasteiger partial charge in [-0.05, 0) is 18.9 Å². The minimum atomic E-state index is -1.04. The third-order valence-corrected chi connectivity index (χ3v) is 2.11. The van der Waals surface area contributed by atoms with Crippen LogP contribution >= 0.6 is 0 Å². The summed E-state index contributed by atoms with van der Waals surface area (Å²) >= 11 is 0. The molecule has 0 bridgehead atoms. The van der Waals surface area contributed by atoms with Gasteiger partial charge in [-0.2, -0.15) is 0 Å². The van der Waals surface area contributed by atoms with Crippen molar-refractivity contribution in [3.8, 4) is 0 Å². The van der Waals surface area contributed by atoms with Gasteiger partial charge in [0.15, 0.2) is 0 Å². The number of amides is 1. The number of carboxylic acids is 1. The number of nitrogens with one attached hydrogen (secondary N) is 1. The molecule has 4 N–H and O–H groups in total. The summed E-state index contributed by atoms with van der Waals surface area (Å²) in [6.45, 7) is 0.365. The maximum absolute atomic E-state index is 11.5. The minimum Gasteiger partial charge on any atom is -0.480 e. The molecule has 1 aromatic rings. The molecule has 0 aliphatic rings. The molecule has 0 aliphatic carbocycles. The monoisotopic (exact) mass is 238 g/mol. The summed E-state index contributed by atoms with van der Waals surface area (Å²) in [5.74, 6) is -1.34. The smallest absolute Gasteiger partial charge is 0.320 e. The highest BCUT2D eigenvalue weighted by Gasteiger charge is 2.11. The molecule has 0 radical (unpaired) electrons. The Labute approximate surface area is 98.1 Å². The van der Waals surface area contributed by atoms with Crippen LogP contribution in [0, 0.1) is 0 Å². The van der Waals surface area contributed by atoms with Crippen LogP contribution in [0.3, 0.4) is 0 Å². The number of hydrogen-bond donors (Lipinski definition) is 3. The first-order valence-corrected chi connectivity index (χ1v) is 5.14. The van der Waals surface area contributed by atoms with Crippen molar-refractivity contribution in [2.24, 2.45) is 5.73 Å². The predicted molar refractivity (Wildman–Crippen MR) is 59.2 cm³/mol. The van der Waals surface area contributed by atoms with Crippen molar-refractivity contribution in [1.82, 2.24) is 15.3 Å². The molecule has 1 aromatic heterocycles. The molecule has 0 aliphatic heterocycles. The van der Waals surface area contributed by atoms with Crippen molar-refractivity contribution in [1.29, 1.82) is 0 Å². The predicted octanol–water partition coefficient (Wildman–Crippen LogP) is -0.602. The summed E-state index contributed by atoms with van der Waals surface area (Å²) in [7, 11) is 0. The molecule has 0 unspecified atom stereocenters. The number of carbonyl (C=O) groups excluding carboxylic acids is 1. The van der Waals surface area contributed by atoms with Gasteiger partial charge in [0.05, 0.1) is 0 Å². The van der Waals surface area contributed by atoms with Gasteiger partial charge in [0.25, 0.3) is 5.91 Å². The lowest BCUT2D eigenvalue weighted by molar-refractivity contribution is -0.138. The van der Waals surface area contributed by atoms with Crippen LogP contribution in [-0.4, -0.2) is 39.5 Å². The molecule has 1 heterocycles. The number of rotatable bonds is 6. The van der Waals surface area contributed by atoms with Gasteiger partial charge in [-0.25, -0.2) is 9.97 Å². The number of aromatic nitrogens is 2. The van der Waals surface area contributed by atoms with Gasteiger partial charge >= 0.3 is 5.97 Å². The summed E-state index contributed by atoms with van der Waals surface area (Å²) < 4.78 is 0. The maximum Gasteiger partial charge on any atom is 0.320 e. The van der Waals surface area contributed by atoms with E-state index in [1.54, 1.807) is 0 Å². The third kappa shape index (κ3) is 4.56. The topological polar surface area (TPSA) is 118 Å². The number of nitrogens with two attached hydrogens (primary N) is 1. The molecule has 92 valence electrons. The Hall–Kier alpha value is -2.02. The summed E-state index contributed by atoms with van der Waals surface area (Å²) in [5, 5.41) is 11.2. The molecule has 7 heteroatoms. The molecular weight excluding hydrogens is 224 g/mol. The van der Waals surface area contributed by atoms with Crippen molar-refractivity contribution in [2.45, 2.75) is 18.9 Å². The number of carboxylic acid groups (broad SMARTS) is 1. The van der Waals surface area contributed by atoms with Crippen LogP contribution in [0.2, 0.25) is 0 Å². The largest absolute Gasteiger partial charge is 0.480 e. The van der Waals surface area contributed by atoms with E-state index >= 15 is 0 Å². The van der Waals surface area contributed by atoms with Gasteiger partial charge in [0.2, 0.25) is 0 Å². The Morgan fingerprint density at radius 1 is 1.53 bits per heavy atom. The van der Waals surface area contributed by atoms with Crippen LogP contribution in [0.4, 0.5) is 0 Å². The van der Waals surface area contributed by atoms with E-state index in [1.165, 1.54) is 18.6 Å². The van der Waals surface area contributed by atoms with E-state index in [2.05, 4.69) is 15.3 Å². The molecule has 1 rings (SSSR count). The van der Waals surface area contributed by atoms with Crippen LogP contribution in [-0.2, 0) is 4.79 Å². The van der Waals surface area contributed by atoms with Crippen LogP contribution in [0.5, 0.6) is 0 Å². The highest BCUT2D eigenvalue weighted by Crippen LogP contribution is 1.95. The van der Waals surface area contributed by atoms with Gasteiger partial charge in [0, 0.05) is 12.7 Å². The van der Waals surface area contributed by atoms with Crippen molar-refractivity contribution in [2.75, 3.05) is 6.54 Å². The number of aliphatic carboxylic acids is 1. The zero-order valence-electron chi connectivity index (χ0n) is 9.17. The Kier molecular flexibility index (Phi) is 5.02. The molecule has 0 spiro atoms. The number of carbonyl (C=O) groups is 2. The summed E-state index contributed by atoms with van der Waals surface area (Å²) in [6.07, 6.45) is 3.58. The first kappa shape index (κ1) is 13.0. The Morgan fingerprint density at radius 3 is 2.88 bits per heavy atom. The van der Waals surface area contributed by atoms with Gasteiger partial charge in [-0.15, -0.1) is 0 Å². The van der Waals surface area contributed by atoms with Crippen LogP contribution in [0.1, 0.15) is 23.3 Å². The lowest BCUT2D eigenvalue weighted by Crippen LogP contribution is -2.32. The highest BCUT2D eigenvalue weighted by molar-refractivity contribution is 5.91. The van der Waals surface area contributed by atoms with E-state index < -0.39 is 12.0 Å². The highest BCUT2D eigenvalue weighted by atomic mass is 16.4. The molecule has 0 fully saturated rings. The molecule has 0 aromatic carbocycles. The van der Waals surface area contributed by atoms with Crippen molar-refractivity contribution < 1.29 is 14.7 Å². The average Bonchev–Trinajstić information content (AvgIpc) is 2.35. The fraction of sp³-hybridized carbons (Fsp3) is 0.400. The third-order valence-electron chi connectivity index (χ3n) is 2.11. The van der Waals surface area contributed by atoms with Crippen LogP contribution in [0.15, 0.2) is 18.6 Å². The first-order chi connectivity index (χ1) is 8.11. The second-order valence-corrected chi connectivity index (χ2v) is 3.44. The standard InChI is InChI=1S/C10H14N4O3/c11-7(10(16)17)2-1-4-13-9(15)8-3-5-12-6-14-8/h3,5-7H,1-2,4,11H2,(H,13,15)(H,16,17)/t7-/m0/s1. The van der Waals surface area contributed by atoms with E-state index in [0.717, 1.165) is 0 Å².